The van der Waals surface area contributed by atoms with Gasteiger partial charge in [-0.2, -0.15) is 0 Å². The fourth-order valence-corrected chi connectivity index (χ4v) is 2.57. The Kier molecular flexibility index (Phi) is 5.12. The molecule has 0 radical (unpaired) electrons. The Hall–Kier alpha value is -1.69. The lowest BCUT2D eigenvalue weighted by Crippen LogP contribution is -2.26. The van der Waals surface area contributed by atoms with E-state index in [9.17, 15) is 9.90 Å². The molecule has 1 saturated heterocycles. The maximum absolute atomic E-state index is 11.3. The molecule has 1 aromatic rings. The van der Waals surface area contributed by atoms with Crippen molar-refractivity contribution in [1.29, 1.82) is 0 Å². The maximum atomic E-state index is 11.3. The summed E-state index contributed by atoms with van der Waals surface area (Å²) in [6.07, 6.45) is 4.76. The Labute approximate surface area is 125 Å². The van der Waals surface area contributed by atoms with Gasteiger partial charge in [0.25, 0.3) is 0 Å². The summed E-state index contributed by atoms with van der Waals surface area (Å²) in [5.41, 5.74) is -0.0477. The number of aromatic carboxylic acids is 1. The minimum atomic E-state index is -1.08. The lowest BCUT2D eigenvalue weighted by Gasteiger charge is -2.19. The monoisotopic (exact) mass is 293 g/mol. The van der Waals surface area contributed by atoms with Gasteiger partial charge in [-0.3, -0.25) is 0 Å². The fraction of sp³-hybridized carbons (Fsp3) is 0.667. The molecule has 6 heteroatoms. The second-order valence-corrected chi connectivity index (χ2v) is 5.81. The van der Waals surface area contributed by atoms with E-state index in [1.165, 1.54) is 19.0 Å². The van der Waals surface area contributed by atoms with Gasteiger partial charge < -0.3 is 14.7 Å². The number of carbonyl (C=O) groups is 1. The zero-order valence-electron chi connectivity index (χ0n) is 12.9. The second kappa shape index (κ2) is 6.85. The van der Waals surface area contributed by atoms with Gasteiger partial charge in [0, 0.05) is 12.0 Å². The van der Waals surface area contributed by atoms with Gasteiger partial charge >= 0.3 is 5.97 Å². The van der Waals surface area contributed by atoms with E-state index in [2.05, 4.69) is 21.9 Å². The summed E-state index contributed by atoms with van der Waals surface area (Å²) in [5, 5.41) is 9.25. The summed E-state index contributed by atoms with van der Waals surface area (Å²) in [4.78, 5) is 21.9. The molecular formula is C15H23N3O3. The van der Waals surface area contributed by atoms with Crippen LogP contribution in [0.3, 0.4) is 0 Å². The zero-order chi connectivity index (χ0) is 15.4. The number of carboxylic acid groups (broad SMARTS) is 1. The molecule has 2 rings (SSSR count). The Morgan fingerprint density at radius 3 is 2.90 bits per heavy atom. The Bertz CT molecular complexity index is 505. The van der Waals surface area contributed by atoms with Crippen LogP contribution in [0.25, 0.3) is 0 Å². The molecule has 0 bridgehead atoms. The van der Waals surface area contributed by atoms with Gasteiger partial charge in [0.1, 0.15) is 5.82 Å². The minimum Gasteiger partial charge on any atom is -0.489 e. The number of likely N-dealkylation sites (tertiary alicyclic amines) is 1. The van der Waals surface area contributed by atoms with Crippen molar-refractivity contribution < 1.29 is 14.6 Å². The summed E-state index contributed by atoms with van der Waals surface area (Å²) in [6.45, 7) is 5.46. The molecule has 0 aromatic carbocycles. The molecule has 0 spiro atoms. The number of hydrogen-bond acceptors (Lipinski definition) is 5. The van der Waals surface area contributed by atoms with Crippen LogP contribution in [0.15, 0.2) is 6.20 Å². The van der Waals surface area contributed by atoms with Crippen LogP contribution in [-0.4, -0.2) is 52.2 Å². The van der Waals surface area contributed by atoms with Crippen molar-refractivity contribution in [3.8, 4) is 5.75 Å². The summed E-state index contributed by atoms with van der Waals surface area (Å²) < 4.78 is 5.61. The predicted molar refractivity (Wildman–Crippen MR) is 78.8 cm³/mol. The quantitative estimate of drug-likeness (QED) is 0.866. The first-order chi connectivity index (χ1) is 9.99. The third-order valence-electron chi connectivity index (χ3n) is 3.87. The fourth-order valence-electron chi connectivity index (χ4n) is 2.57. The summed E-state index contributed by atoms with van der Waals surface area (Å²) >= 11 is 0. The molecule has 0 amide bonds. The minimum absolute atomic E-state index is 0.0477. The first kappa shape index (κ1) is 15.7. The van der Waals surface area contributed by atoms with E-state index in [0.29, 0.717) is 18.5 Å². The molecule has 0 saturated carbocycles. The second-order valence-electron chi connectivity index (χ2n) is 5.81. The Balaban J connectivity index is 2.00. The van der Waals surface area contributed by atoms with E-state index in [1.54, 1.807) is 0 Å². The van der Waals surface area contributed by atoms with Crippen LogP contribution in [0.1, 0.15) is 55.3 Å². The highest BCUT2D eigenvalue weighted by Crippen LogP contribution is 2.21. The number of aromatic nitrogens is 2. The molecule has 21 heavy (non-hydrogen) atoms. The van der Waals surface area contributed by atoms with Crippen LogP contribution in [0.4, 0.5) is 0 Å². The molecule has 1 aliphatic heterocycles. The standard InChI is InChI=1S/C15H23N3O3/c1-10(2)14-16-9-12(13(17-14)15(19)20)21-8-6-11-5-4-7-18(11)3/h9-11H,4-8H2,1-3H3,(H,19,20). The van der Waals surface area contributed by atoms with Crippen LogP contribution in [0, 0.1) is 0 Å². The topological polar surface area (TPSA) is 75.5 Å². The van der Waals surface area contributed by atoms with E-state index in [1.807, 2.05) is 13.8 Å². The molecule has 1 fully saturated rings. The van der Waals surface area contributed by atoms with E-state index < -0.39 is 5.97 Å². The third-order valence-corrected chi connectivity index (χ3v) is 3.87. The number of ether oxygens (including phenoxy) is 1. The highest BCUT2D eigenvalue weighted by atomic mass is 16.5. The highest BCUT2D eigenvalue weighted by molar-refractivity contribution is 5.88. The van der Waals surface area contributed by atoms with Crippen molar-refractivity contribution >= 4 is 5.97 Å². The zero-order valence-corrected chi connectivity index (χ0v) is 12.9. The van der Waals surface area contributed by atoms with Crippen molar-refractivity contribution in [1.82, 2.24) is 14.9 Å². The maximum Gasteiger partial charge on any atom is 0.358 e. The summed E-state index contributed by atoms with van der Waals surface area (Å²) in [5.74, 6) is -0.209. The molecule has 1 N–H and O–H groups in total. The van der Waals surface area contributed by atoms with Crippen LogP contribution in [0.5, 0.6) is 5.75 Å². The van der Waals surface area contributed by atoms with Crippen LogP contribution in [0.2, 0.25) is 0 Å². The lowest BCUT2D eigenvalue weighted by atomic mass is 10.1. The first-order valence-corrected chi connectivity index (χ1v) is 7.42. The number of carboxylic acids is 1. The highest BCUT2D eigenvalue weighted by Gasteiger charge is 2.21. The average Bonchev–Trinajstić information content (AvgIpc) is 2.84. The Morgan fingerprint density at radius 1 is 1.57 bits per heavy atom. The molecule has 6 nitrogen and oxygen atoms in total. The molecule has 1 unspecified atom stereocenters. The average molecular weight is 293 g/mol. The molecule has 1 aromatic heterocycles. The molecular weight excluding hydrogens is 270 g/mol. The van der Waals surface area contributed by atoms with Gasteiger partial charge in [0.05, 0.1) is 12.8 Å². The smallest absolute Gasteiger partial charge is 0.358 e. The molecule has 1 aliphatic rings. The molecule has 0 aliphatic carbocycles. The van der Waals surface area contributed by atoms with Gasteiger partial charge in [-0.05, 0) is 32.9 Å². The van der Waals surface area contributed by atoms with Crippen molar-refractivity contribution in [2.75, 3.05) is 20.2 Å². The number of hydrogen-bond donors (Lipinski definition) is 1. The van der Waals surface area contributed by atoms with Gasteiger partial charge in [-0.15, -0.1) is 0 Å². The normalized spacial score (nSPS) is 19.1. The van der Waals surface area contributed by atoms with Gasteiger partial charge in [-0.1, -0.05) is 13.8 Å². The summed E-state index contributed by atoms with van der Waals surface area (Å²) in [7, 11) is 2.11. The van der Waals surface area contributed by atoms with E-state index in [-0.39, 0.29) is 17.4 Å². The van der Waals surface area contributed by atoms with Crippen molar-refractivity contribution in [3.05, 3.63) is 17.7 Å². The van der Waals surface area contributed by atoms with E-state index in [0.717, 1.165) is 13.0 Å². The van der Waals surface area contributed by atoms with Crippen LogP contribution in [-0.2, 0) is 0 Å². The third kappa shape index (κ3) is 3.91. The molecule has 1 atom stereocenters. The first-order valence-electron chi connectivity index (χ1n) is 7.42. The van der Waals surface area contributed by atoms with E-state index >= 15 is 0 Å². The Morgan fingerprint density at radius 2 is 2.33 bits per heavy atom. The number of nitrogens with zero attached hydrogens (tertiary/aromatic N) is 3. The van der Waals surface area contributed by atoms with Gasteiger partial charge in [0.2, 0.25) is 0 Å². The molecule has 116 valence electrons. The largest absolute Gasteiger partial charge is 0.489 e. The predicted octanol–water partition coefficient (Wildman–Crippen LogP) is 2.16. The van der Waals surface area contributed by atoms with Gasteiger partial charge in [0.15, 0.2) is 11.4 Å². The van der Waals surface area contributed by atoms with Crippen molar-refractivity contribution in [2.24, 2.45) is 0 Å². The summed E-state index contributed by atoms with van der Waals surface area (Å²) in [6, 6.07) is 0.522. The van der Waals surface area contributed by atoms with E-state index in [4.69, 9.17) is 4.74 Å². The lowest BCUT2D eigenvalue weighted by molar-refractivity contribution is 0.0684. The van der Waals surface area contributed by atoms with Crippen molar-refractivity contribution in [2.45, 2.75) is 45.1 Å². The SMILES string of the molecule is CC(C)c1ncc(OCCC2CCCN2C)c(C(=O)O)n1. The van der Waals surface area contributed by atoms with Crippen molar-refractivity contribution in [3.63, 3.8) is 0 Å². The molecule has 2 heterocycles. The van der Waals surface area contributed by atoms with Crippen LogP contribution >= 0.6 is 0 Å². The number of rotatable bonds is 6. The van der Waals surface area contributed by atoms with Crippen LogP contribution < -0.4 is 4.74 Å². The van der Waals surface area contributed by atoms with Gasteiger partial charge in [-0.25, -0.2) is 14.8 Å².